The van der Waals surface area contributed by atoms with E-state index >= 15 is 0 Å². The van der Waals surface area contributed by atoms with Gasteiger partial charge in [-0.25, -0.2) is 0 Å². The van der Waals surface area contributed by atoms with Gasteiger partial charge in [-0.3, -0.25) is 10.1 Å². The highest BCUT2D eigenvalue weighted by molar-refractivity contribution is 14.1. The Morgan fingerprint density at radius 2 is 1.92 bits per heavy atom. The standard InChI is InChI=1S/C16H20IN3O3S/c1-4-5-6-7-14-19-20-16(24-14)18-15(21)10-8-12(22-2)13(23-3)9-11(10)17/h8-9H,4-7H2,1-3H3,(H,18,20,21). The predicted octanol–water partition coefficient (Wildman–Crippen LogP) is 4.14. The molecule has 0 radical (unpaired) electrons. The third-order valence-corrected chi connectivity index (χ3v) is 5.19. The van der Waals surface area contributed by atoms with Crippen LogP contribution in [0.2, 0.25) is 0 Å². The third-order valence-electron chi connectivity index (χ3n) is 3.40. The quantitative estimate of drug-likeness (QED) is 0.473. The molecule has 0 fully saturated rings. The molecule has 6 nitrogen and oxygen atoms in total. The Hall–Kier alpha value is -1.42. The molecule has 0 aliphatic rings. The van der Waals surface area contributed by atoms with Gasteiger partial charge in [0.1, 0.15) is 5.01 Å². The number of nitrogens with zero attached hydrogens (tertiary/aromatic N) is 2. The van der Waals surface area contributed by atoms with Crippen LogP contribution >= 0.6 is 33.9 Å². The molecule has 0 unspecified atom stereocenters. The molecule has 1 amide bonds. The first-order valence-electron chi connectivity index (χ1n) is 7.64. The first kappa shape index (κ1) is 18.9. The highest BCUT2D eigenvalue weighted by Gasteiger charge is 2.17. The molecule has 1 heterocycles. The molecule has 1 aromatic heterocycles. The lowest BCUT2D eigenvalue weighted by Gasteiger charge is -2.11. The molecule has 0 aliphatic carbocycles. The number of carbonyl (C=O) groups is 1. The van der Waals surface area contributed by atoms with Gasteiger partial charge in [-0.05, 0) is 41.1 Å². The Labute approximate surface area is 159 Å². The van der Waals surface area contributed by atoms with Crippen molar-refractivity contribution in [3.63, 3.8) is 0 Å². The second kappa shape index (κ2) is 9.16. The number of methoxy groups -OCH3 is 2. The van der Waals surface area contributed by atoms with Crippen molar-refractivity contribution in [1.82, 2.24) is 10.2 Å². The van der Waals surface area contributed by atoms with Crippen LogP contribution in [0, 0.1) is 3.57 Å². The molecule has 2 rings (SSSR count). The molecule has 8 heteroatoms. The average Bonchev–Trinajstić information content (AvgIpc) is 3.01. The maximum absolute atomic E-state index is 12.5. The lowest BCUT2D eigenvalue weighted by Crippen LogP contribution is -2.13. The van der Waals surface area contributed by atoms with E-state index in [0.717, 1.165) is 21.4 Å². The van der Waals surface area contributed by atoms with Crippen molar-refractivity contribution >= 4 is 45.0 Å². The van der Waals surface area contributed by atoms with Crippen molar-refractivity contribution in [3.05, 3.63) is 26.3 Å². The molecule has 0 atom stereocenters. The SMILES string of the molecule is CCCCCc1nnc(NC(=O)c2cc(OC)c(OC)cc2I)s1. The average molecular weight is 461 g/mol. The number of aryl methyl sites for hydroxylation is 1. The molecule has 0 aliphatic heterocycles. The van der Waals surface area contributed by atoms with E-state index in [1.807, 2.05) is 0 Å². The Kier molecular flexibility index (Phi) is 7.22. The van der Waals surface area contributed by atoms with Crippen molar-refractivity contribution in [2.75, 3.05) is 19.5 Å². The number of unbranched alkanes of at least 4 members (excludes halogenated alkanes) is 2. The number of hydrogen-bond acceptors (Lipinski definition) is 6. The Morgan fingerprint density at radius 3 is 2.58 bits per heavy atom. The molecule has 0 spiro atoms. The summed E-state index contributed by atoms with van der Waals surface area (Å²) in [5, 5.41) is 12.4. The summed E-state index contributed by atoms with van der Waals surface area (Å²) in [7, 11) is 3.11. The zero-order chi connectivity index (χ0) is 17.5. The zero-order valence-corrected chi connectivity index (χ0v) is 16.9. The van der Waals surface area contributed by atoms with Gasteiger partial charge in [0.2, 0.25) is 5.13 Å². The smallest absolute Gasteiger partial charge is 0.258 e. The van der Waals surface area contributed by atoms with Gasteiger partial charge in [-0.1, -0.05) is 31.1 Å². The van der Waals surface area contributed by atoms with Crippen molar-refractivity contribution < 1.29 is 14.3 Å². The minimum atomic E-state index is -0.239. The number of amides is 1. The van der Waals surface area contributed by atoms with Crippen LogP contribution in [0.5, 0.6) is 11.5 Å². The van der Waals surface area contributed by atoms with Crippen LogP contribution in [-0.2, 0) is 6.42 Å². The van der Waals surface area contributed by atoms with Gasteiger partial charge in [-0.2, -0.15) is 0 Å². The van der Waals surface area contributed by atoms with Crippen LogP contribution in [-0.4, -0.2) is 30.3 Å². The second-order valence-corrected chi connectivity index (χ2v) is 7.32. The number of benzene rings is 1. The molecule has 1 aromatic carbocycles. The fraction of sp³-hybridized carbons (Fsp3) is 0.438. The van der Waals surface area contributed by atoms with E-state index in [9.17, 15) is 4.79 Å². The number of carbonyl (C=O) groups excluding carboxylic acids is 1. The summed E-state index contributed by atoms with van der Waals surface area (Å²) in [6.45, 7) is 2.16. The number of anilines is 1. The summed E-state index contributed by atoms with van der Waals surface area (Å²) in [6.07, 6.45) is 4.33. The molecule has 0 saturated carbocycles. The predicted molar refractivity (Wildman–Crippen MR) is 103 cm³/mol. The van der Waals surface area contributed by atoms with E-state index in [-0.39, 0.29) is 5.91 Å². The van der Waals surface area contributed by atoms with Crippen LogP contribution in [0.1, 0.15) is 41.6 Å². The van der Waals surface area contributed by atoms with Gasteiger partial charge in [0.15, 0.2) is 11.5 Å². The Balaban J connectivity index is 2.09. The van der Waals surface area contributed by atoms with E-state index < -0.39 is 0 Å². The number of aromatic nitrogens is 2. The monoisotopic (exact) mass is 461 g/mol. The fourth-order valence-electron chi connectivity index (χ4n) is 2.12. The van der Waals surface area contributed by atoms with Gasteiger partial charge in [0.25, 0.3) is 5.91 Å². The summed E-state index contributed by atoms with van der Waals surface area (Å²) < 4.78 is 11.3. The Morgan fingerprint density at radius 1 is 1.21 bits per heavy atom. The maximum Gasteiger partial charge on any atom is 0.258 e. The fourth-order valence-corrected chi connectivity index (χ4v) is 3.58. The van der Waals surface area contributed by atoms with E-state index in [0.29, 0.717) is 22.2 Å². The Bertz CT molecular complexity index is 706. The number of ether oxygens (including phenoxy) is 2. The molecule has 1 N–H and O–H groups in total. The number of nitrogens with one attached hydrogen (secondary N) is 1. The summed E-state index contributed by atoms with van der Waals surface area (Å²) in [5.41, 5.74) is 0.510. The zero-order valence-electron chi connectivity index (χ0n) is 13.9. The van der Waals surface area contributed by atoms with Crippen LogP contribution in [0.4, 0.5) is 5.13 Å². The van der Waals surface area contributed by atoms with Crippen LogP contribution < -0.4 is 14.8 Å². The number of rotatable bonds is 8. The van der Waals surface area contributed by atoms with Gasteiger partial charge in [-0.15, -0.1) is 10.2 Å². The molecule has 130 valence electrons. The first-order valence-corrected chi connectivity index (χ1v) is 9.53. The summed E-state index contributed by atoms with van der Waals surface area (Å²) in [5.74, 6) is 0.866. The van der Waals surface area contributed by atoms with Crippen LogP contribution in [0.3, 0.4) is 0 Å². The van der Waals surface area contributed by atoms with Crippen molar-refractivity contribution in [3.8, 4) is 11.5 Å². The largest absolute Gasteiger partial charge is 0.493 e. The molecular weight excluding hydrogens is 441 g/mol. The molecule has 2 aromatic rings. The third kappa shape index (κ3) is 4.79. The van der Waals surface area contributed by atoms with E-state index in [4.69, 9.17) is 9.47 Å². The number of hydrogen-bond donors (Lipinski definition) is 1. The number of halogens is 1. The first-order chi connectivity index (χ1) is 11.6. The highest BCUT2D eigenvalue weighted by atomic mass is 127. The van der Waals surface area contributed by atoms with Gasteiger partial charge >= 0.3 is 0 Å². The lowest BCUT2D eigenvalue weighted by molar-refractivity contribution is 0.102. The van der Waals surface area contributed by atoms with Crippen molar-refractivity contribution in [2.24, 2.45) is 0 Å². The summed E-state index contributed by atoms with van der Waals surface area (Å²) in [4.78, 5) is 12.5. The van der Waals surface area contributed by atoms with Crippen LogP contribution in [0.25, 0.3) is 0 Å². The topological polar surface area (TPSA) is 73.3 Å². The molecule has 0 bridgehead atoms. The van der Waals surface area contributed by atoms with Gasteiger partial charge in [0, 0.05) is 9.99 Å². The van der Waals surface area contributed by atoms with E-state index in [1.54, 1.807) is 26.4 Å². The lowest BCUT2D eigenvalue weighted by atomic mass is 10.2. The normalized spacial score (nSPS) is 10.5. The maximum atomic E-state index is 12.5. The molecule has 24 heavy (non-hydrogen) atoms. The van der Waals surface area contributed by atoms with Gasteiger partial charge in [0.05, 0.1) is 19.8 Å². The second-order valence-electron chi connectivity index (χ2n) is 5.10. The van der Waals surface area contributed by atoms with Crippen molar-refractivity contribution in [1.29, 1.82) is 0 Å². The summed E-state index contributed by atoms with van der Waals surface area (Å²) >= 11 is 3.52. The summed E-state index contributed by atoms with van der Waals surface area (Å²) in [6, 6.07) is 3.43. The molecule has 0 saturated heterocycles. The van der Waals surface area contributed by atoms with Crippen molar-refractivity contribution in [2.45, 2.75) is 32.6 Å². The van der Waals surface area contributed by atoms with E-state index in [1.165, 1.54) is 24.2 Å². The highest BCUT2D eigenvalue weighted by Crippen LogP contribution is 2.31. The molecular formula is C16H20IN3O3S. The van der Waals surface area contributed by atoms with Gasteiger partial charge < -0.3 is 9.47 Å². The minimum absolute atomic E-state index is 0.239. The minimum Gasteiger partial charge on any atom is -0.493 e. The van der Waals surface area contributed by atoms with Crippen LogP contribution in [0.15, 0.2) is 12.1 Å². The van der Waals surface area contributed by atoms with E-state index in [2.05, 4.69) is 45.0 Å².